The number of sulfone groups is 1. The van der Waals surface area contributed by atoms with Crippen LogP contribution in [0.1, 0.15) is 30.5 Å². The monoisotopic (exact) mass is 269 g/mol. The van der Waals surface area contributed by atoms with E-state index >= 15 is 0 Å². The molecule has 100 valence electrons. The number of aliphatic hydroxyl groups excluding tert-OH is 1. The van der Waals surface area contributed by atoms with Crippen molar-refractivity contribution in [3.8, 4) is 0 Å². The fourth-order valence-corrected chi connectivity index (χ4v) is 4.39. The molecular formula is C13H19NO3S. The molecule has 1 saturated heterocycles. The molecule has 0 radical (unpaired) electrons. The number of hydrogen-bond donors (Lipinski definition) is 1. The van der Waals surface area contributed by atoms with E-state index in [1.807, 2.05) is 19.1 Å². The molecule has 18 heavy (non-hydrogen) atoms. The van der Waals surface area contributed by atoms with Crippen molar-refractivity contribution in [3.63, 3.8) is 0 Å². The molecule has 0 bridgehead atoms. The first-order chi connectivity index (χ1) is 8.49. The lowest BCUT2D eigenvalue weighted by molar-refractivity contribution is 0.161. The van der Waals surface area contributed by atoms with Gasteiger partial charge in [-0.3, -0.25) is 4.98 Å². The van der Waals surface area contributed by atoms with Crippen molar-refractivity contribution in [2.24, 2.45) is 0 Å². The molecule has 0 amide bonds. The smallest absolute Gasteiger partial charge is 0.155 e. The standard InChI is InChI=1S/C13H19NO3S/c1-10-5-6-11(14-9-10)8-12(15)13-4-2-3-7-18(13,16)17/h5-6,9,12-13,15H,2-4,7-8H2,1H3. The predicted molar refractivity (Wildman–Crippen MR) is 70.1 cm³/mol. The van der Waals surface area contributed by atoms with Crippen molar-refractivity contribution in [1.29, 1.82) is 0 Å². The Morgan fingerprint density at radius 1 is 1.44 bits per heavy atom. The zero-order valence-electron chi connectivity index (χ0n) is 10.5. The van der Waals surface area contributed by atoms with Crippen LogP contribution in [0.15, 0.2) is 18.3 Å². The second kappa shape index (κ2) is 5.36. The van der Waals surface area contributed by atoms with Crippen LogP contribution < -0.4 is 0 Å². The fraction of sp³-hybridized carbons (Fsp3) is 0.615. The van der Waals surface area contributed by atoms with Gasteiger partial charge in [-0.2, -0.15) is 0 Å². The normalized spacial score (nSPS) is 24.7. The van der Waals surface area contributed by atoms with Crippen LogP contribution in [0, 0.1) is 6.92 Å². The third-order valence-electron chi connectivity index (χ3n) is 3.45. The lowest BCUT2D eigenvalue weighted by Crippen LogP contribution is -2.39. The second-order valence-corrected chi connectivity index (χ2v) is 7.34. The largest absolute Gasteiger partial charge is 0.391 e. The summed E-state index contributed by atoms with van der Waals surface area (Å²) < 4.78 is 23.8. The summed E-state index contributed by atoms with van der Waals surface area (Å²) in [6, 6.07) is 3.76. The molecule has 0 spiro atoms. The summed E-state index contributed by atoms with van der Waals surface area (Å²) >= 11 is 0. The minimum atomic E-state index is -3.13. The van der Waals surface area contributed by atoms with Crippen molar-refractivity contribution in [2.45, 2.75) is 44.0 Å². The molecule has 1 aliphatic heterocycles. The van der Waals surface area contributed by atoms with Gasteiger partial charge in [-0.15, -0.1) is 0 Å². The maximum absolute atomic E-state index is 11.9. The van der Waals surface area contributed by atoms with Gasteiger partial charge < -0.3 is 5.11 Å². The highest BCUT2D eigenvalue weighted by molar-refractivity contribution is 7.92. The Balaban J connectivity index is 2.07. The SMILES string of the molecule is Cc1ccc(CC(O)C2CCCCS2(=O)=O)nc1. The van der Waals surface area contributed by atoms with Gasteiger partial charge in [0.1, 0.15) is 0 Å². The third-order valence-corrected chi connectivity index (χ3v) is 5.78. The van der Waals surface area contributed by atoms with Gasteiger partial charge in [-0.25, -0.2) is 8.42 Å². The summed E-state index contributed by atoms with van der Waals surface area (Å²) in [5.41, 5.74) is 1.80. The summed E-state index contributed by atoms with van der Waals surface area (Å²) in [7, 11) is -3.13. The van der Waals surface area contributed by atoms with Crippen LogP contribution in [0.3, 0.4) is 0 Å². The number of nitrogens with zero attached hydrogens (tertiary/aromatic N) is 1. The van der Waals surface area contributed by atoms with Crippen LogP contribution in [0.2, 0.25) is 0 Å². The molecule has 1 N–H and O–H groups in total. The molecule has 1 aromatic heterocycles. The molecule has 1 aromatic rings. The highest BCUT2D eigenvalue weighted by atomic mass is 32.2. The van der Waals surface area contributed by atoms with Crippen LogP contribution in [-0.2, 0) is 16.3 Å². The highest BCUT2D eigenvalue weighted by Gasteiger charge is 2.34. The molecule has 2 unspecified atom stereocenters. The molecule has 2 heterocycles. The van der Waals surface area contributed by atoms with Crippen LogP contribution in [-0.4, -0.2) is 35.6 Å². The molecular weight excluding hydrogens is 250 g/mol. The van der Waals surface area contributed by atoms with Gasteiger partial charge >= 0.3 is 0 Å². The first-order valence-electron chi connectivity index (χ1n) is 6.30. The molecule has 2 rings (SSSR count). The van der Waals surface area contributed by atoms with E-state index in [-0.39, 0.29) is 5.75 Å². The Hall–Kier alpha value is -0.940. The summed E-state index contributed by atoms with van der Waals surface area (Å²) in [5.74, 6) is 0.204. The van der Waals surface area contributed by atoms with Crippen molar-refractivity contribution >= 4 is 9.84 Å². The van der Waals surface area contributed by atoms with Gasteiger partial charge in [0.15, 0.2) is 9.84 Å². The van der Waals surface area contributed by atoms with E-state index < -0.39 is 21.2 Å². The van der Waals surface area contributed by atoms with Crippen molar-refractivity contribution < 1.29 is 13.5 Å². The van der Waals surface area contributed by atoms with E-state index in [1.54, 1.807) is 6.20 Å². The lowest BCUT2D eigenvalue weighted by Gasteiger charge is -2.26. The summed E-state index contributed by atoms with van der Waals surface area (Å²) in [4.78, 5) is 4.21. The van der Waals surface area contributed by atoms with Crippen LogP contribution in [0.4, 0.5) is 0 Å². The number of rotatable bonds is 3. The van der Waals surface area contributed by atoms with Gasteiger partial charge in [-0.1, -0.05) is 12.5 Å². The van der Waals surface area contributed by atoms with Crippen LogP contribution in [0.25, 0.3) is 0 Å². The van der Waals surface area contributed by atoms with Crippen molar-refractivity contribution in [1.82, 2.24) is 4.98 Å². The van der Waals surface area contributed by atoms with Crippen LogP contribution >= 0.6 is 0 Å². The van der Waals surface area contributed by atoms with Gasteiger partial charge in [0.25, 0.3) is 0 Å². The fourth-order valence-electron chi connectivity index (χ4n) is 2.38. The number of aliphatic hydroxyl groups is 1. The van der Waals surface area contributed by atoms with E-state index in [2.05, 4.69) is 4.98 Å². The molecule has 2 atom stereocenters. The number of hydrogen-bond acceptors (Lipinski definition) is 4. The van der Waals surface area contributed by atoms with Crippen LogP contribution in [0.5, 0.6) is 0 Å². The molecule has 1 aliphatic rings. The molecule has 0 aromatic carbocycles. The quantitative estimate of drug-likeness (QED) is 0.897. The summed E-state index contributed by atoms with van der Waals surface area (Å²) in [5, 5.41) is 9.50. The molecule has 0 aliphatic carbocycles. The molecule has 4 nitrogen and oxygen atoms in total. The first-order valence-corrected chi connectivity index (χ1v) is 8.02. The minimum Gasteiger partial charge on any atom is -0.391 e. The topological polar surface area (TPSA) is 67.3 Å². The van der Waals surface area contributed by atoms with E-state index in [0.717, 1.165) is 17.7 Å². The zero-order chi connectivity index (χ0) is 13.2. The Kier molecular flexibility index (Phi) is 4.02. The molecule has 0 saturated carbocycles. The average molecular weight is 269 g/mol. The van der Waals surface area contributed by atoms with Gasteiger partial charge in [0.05, 0.1) is 17.1 Å². The van der Waals surface area contributed by atoms with E-state index in [9.17, 15) is 13.5 Å². The maximum atomic E-state index is 11.9. The second-order valence-electron chi connectivity index (χ2n) is 5.00. The molecule has 1 fully saturated rings. The first kappa shape index (κ1) is 13.5. The van der Waals surface area contributed by atoms with Crippen molar-refractivity contribution in [2.75, 3.05) is 5.75 Å². The summed E-state index contributed by atoms with van der Waals surface area (Å²) in [6.45, 7) is 1.94. The Bertz CT molecular complexity index is 495. The maximum Gasteiger partial charge on any atom is 0.155 e. The van der Waals surface area contributed by atoms with E-state index in [4.69, 9.17) is 0 Å². The van der Waals surface area contributed by atoms with E-state index in [0.29, 0.717) is 19.3 Å². The Morgan fingerprint density at radius 2 is 2.22 bits per heavy atom. The Labute approximate surface area is 108 Å². The number of aryl methyl sites for hydroxylation is 1. The van der Waals surface area contributed by atoms with Gasteiger partial charge in [0.2, 0.25) is 0 Å². The highest BCUT2D eigenvalue weighted by Crippen LogP contribution is 2.23. The Morgan fingerprint density at radius 3 is 2.83 bits per heavy atom. The predicted octanol–water partition coefficient (Wildman–Crippen LogP) is 1.26. The minimum absolute atomic E-state index is 0.204. The number of pyridine rings is 1. The van der Waals surface area contributed by atoms with Crippen molar-refractivity contribution in [3.05, 3.63) is 29.6 Å². The number of aromatic nitrogens is 1. The lowest BCUT2D eigenvalue weighted by atomic mass is 10.0. The van der Waals surface area contributed by atoms with Gasteiger partial charge in [-0.05, 0) is 31.4 Å². The zero-order valence-corrected chi connectivity index (χ0v) is 11.4. The average Bonchev–Trinajstić information content (AvgIpc) is 2.31. The summed E-state index contributed by atoms with van der Waals surface area (Å²) in [6.07, 6.45) is 3.36. The van der Waals surface area contributed by atoms with Gasteiger partial charge in [0, 0.05) is 18.3 Å². The van der Waals surface area contributed by atoms with E-state index in [1.165, 1.54) is 0 Å². The third kappa shape index (κ3) is 3.09. The molecule has 5 heteroatoms.